The maximum atomic E-state index is 12.9. The molecule has 0 aromatic heterocycles. The van der Waals surface area contributed by atoms with E-state index < -0.39 is 10.0 Å². The summed E-state index contributed by atoms with van der Waals surface area (Å²) >= 11 is 0. The zero-order chi connectivity index (χ0) is 16.4. The van der Waals surface area contributed by atoms with Crippen molar-refractivity contribution in [3.05, 3.63) is 65.7 Å². The second kappa shape index (κ2) is 6.26. The zero-order valence-electron chi connectivity index (χ0n) is 13.0. The third-order valence-corrected chi connectivity index (χ3v) is 5.92. The lowest BCUT2D eigenvalue weighted by molar-refractivity contribution is 0.101. The smallest absolute Gasteiger partial charge is 0.243 e. The fourth-order valence-electron chi connectivity index (χ4n) is 2.53. The van der Waals surface area contributed by atoms with Crippen molar-refractivity contribution in [2.45, 2.75) is 37.2 Å². The third kappa shape index (κ3) is 3.51. The van der Waals surface area contributed by atoms with E-state index in [1.54, 1.807) is 16.4 Å². The first kappa shape index (κ1) is 15.9. The lowest BCUT2D eigenvalue weighted by atomic mass is 10.2. The Bertz CT molecular complexity index is 794. The van der Waals surface area contributed by atoms with Crippen molar-refractivity contribution in [3.8, 4) is 0 Å². The van der Waals surface area contributed by atoms with Gasteiger partial charge in [0.1, 0.15) is 0 Å². The minimum absolute atomic E-state index is 0.0720. The van der Waals surface area contributed by atoms with Crippen molar-refractivity contribution in [2.24, 2.45) is 0 Å². The number of ketones is 1. The lowest BCUT2D eigenvalue weighted by Gasteiger charge is -2.22. The van der Waals surface area contributed by atoms with Crippen LogP contribution in [0, 0.1) is 0 Å². The van der Waals surface area contributed by atoms with E-state index in [2.05, 4.69) is 0 Å². The summed E-state index contributed by atoms with van der Waals surface area (Å²) in [7, 11) is -3.56. The van der Waals surface area contributed by atoms with Gasteiger partial charge >= 0.3 is 0 Å². The van der Waals surface area contributed by atoms with E-state index in [0.29, 0.717) is 12.1 Å². The molecule has 1 aliphatic carbocycles. The van der Waals surface area contributed by atoms with Gasteiger partial charge in [-0.1, -0.05) is 42.5 Å². The molecule has 23 heavy (non-hydrogen) atoms. The molecule has 0 radical (unpaired) electrons. The van der Waals surface area contributed by atoms with Crippen LogP contribution in [0.4, 0.5) is 0 Å². The maximum Gasteiger partial charge on any atom is 0.243 e. The highest BCUT2D eigenvalue weighted by Crippen LogP contribution is 2.33. The minimum Gasteiger partial charge on any atom is -0.295 e. The monoisotopic (exact) mass is 329 g/mol. The number of hydrogen-bond acceptors (Lipinski definition) is 3. The predicted molar refractivity (Wildman–Crippen MR) is 88.6 cm³/mol. The Morgan fingerprint density at radius 1 is 1.04 bits per heavy atom. The largest absolute Gasteiger partial charge is 0.295 e. The van der Waals surface area contributed by atoms with Gasteiger partial charge in [0.05, 0.1) is 4.90 Å². The first-order chi connectivity index (χ1) is 11.0. The summed E-state index contributed by atoms with van der Waals surface area (Å²) < 4.78 is 27.5. The highest BCUT2D eigenvalue weighted by molar-refractivity contribution is 7.89. The van der Waals surface area contributed by atoms with E-state index in [9.17, 15) is 13.2 Å². The summed E-state index contributed by atoms with van der Waals surface area (Å²) in [5.41, 5.74) is 1.49. The Morgan fingerprint density at radius 3 is 2.17 bits per heavy atom. The molecule has 3 rings (SSSR count). The molecular weight excluding hydrogens is 310 g/mol. The number of nitrogens with zero attached hydrogens (tertiary/aromatic N) is 1. The first-order valence-electron chi connectivity index (χ1n) is 7.65. The lowest BCUT2D eigenvalue weighted by Crippen LogP contribution is -2.32. The van der Waals surface area contributed by atoms with Crippen LogP contribution in [0.1, 0.15) is 35.7 Å². The number of carbonyl (C=O) groups excluding carboxylic acids is 1. The van der Waals surface area contributed by atoms with Crippen LogP contribution < -0.4 is 0 Å². The van der Waals surface area contributed by atoms with E-state index in [4.69, 9.17) is 0 Å². The molecule has 0 unspecified atom stereocenters. The van der Waals surface area contributed by atoms with Gasteiger partial charge in [-0.25, -0.2) is 8.42 Å². The molecule has 0 heterocycles. The molecule has 1 aliphatic rings. The van der Waals surface area contributed by atoms with Crippen LogP contribution in [0.25, 0.3) is 0 Å². The molecule has 120 valence electrons. The molecule has 0 atom stereocenters. The highest BCUT2D eigenvalue weighted by atomic mass is 32.2. The van der Waals surface area contributed by atoms with Crippen molar-refractivity contribution in [2.75, 3.05) is 0 Å². The molecular formula is C18H19NO3S. The summed E-state index contributed by atoms with van der Waals surface area (Å²) in [4.78, 5) is 11.6. The zero-order valence-corrected chi connectivity index (χ0v) is 13.8. The molecule has 5 heteroatoms. The third-order valence-electron chi connectivity index (χ3n) is 4.00. The van der Waals surface area contributed by atoms with E-state index in [1.807, 2.05) is 30.3 Å². The van der Waals surface area contributed by atoms with E-state index in [1.165, 1.54) is 19.1 Å². The van der Waals surface area contributed by atoms with E-state index in [0.717, 1.165) is 18.4 Å². The summed E-state index contributed by atoms with van der Waals surface area (Å²) in [5.74, 6) is -0.0720. The quantitative estimate of drug-likeness (QED) is 0.765. The van der Waals surface area contributed by atoms with Crippen LogP contribution in [-0.2, 0) is 16.6 Å². The Balaban J connectivity index is 1.90. The Kier molecular flexibility index (Phi) is 4.33. The number of hydrogen-bond donors (Lipinski definition) is 0. The van der Waals surface area contributed by atoms with Gasteiger partial charge in [-0.15, -0.1) is 0 Å². The van der Waals surface area contributed by atoms with Gasteiger partial charge < -0.3 is 0 Å². The first-order valence-corrected chi connectivity index (χ1v) is 9.09. The molecule has 0 amide bonds. The van der Waals surface area contributed by atoms with Gasteiger partial charge in [-0.3, -0.25) is 4.79 Å². The number of sulfonamides is 1. The van der Waals surface area contributed by atoms with Crippen molar-refractivity contribution in [1.82, 2.24) is 4.31 Å². The van der Waals surface area contributed by atoms with Crippen LogP contribution >= 0.6 is 0 Å². The molecule has 2 aromatic rings. The average Bonchev–Trinajstić information content (AvgIpc) is 3.38. The summed E-state index contributed by atoms with van der Waals surface area (Å²) in [5, 5.41) is 0. The molecule has 1 saturated carbocycles. The number of carbonyl (C=O) groups is 1. The summed E-state index contributed by atoms with van der Waals surface area (Å²) in [6.45, 7) is 1.84. The van der Waals surface area contributed by atoms with Gasteiger partial charge in [0, 0.05) is 18.2 Å². The van der Waals surface area contributed by atoms with Crippen LogP contribution in [0.2, 0.25) is 0 Å². The summed E-state index contributed by atoms with van der Waals surface area (Å²) in [6, 6.07) is 15.9. The molecule has 4 nitrogen and oxygen atoms in total. The van der Waals surface area contributed by atoms with Gasteiger partial charge in [-0.05, 0) is 37.5 Å². The molecule has 0 spiro atoms. The predicted octanol–water partition coefficient (Wildman–Crippen LogP) is 3.24. The Labute approximate surface area is 136 Å². The summed E-state index contributed by atoms with van der Waals surface area (Å²) in [6.07, 6.45) is 1.80. The molecule has 0 bridgehead atoms. The minimum atomic E-state index is -3.56. The van der Waals surface area contributed by atoms with Crippen molar-refractivity contribution in [3.63, 3.8) is 0 Å². The van der Waals surface area contributed by atoms with Crippen molar-refractivity contribution >= 4 is 15.8 Å². The van der Waals surface area contributed by atoms with Gasteiger partial charge in [-0.2, -0.15) is 4.31 Å². The Morgan fingerprint density at radius 2 is 1.65 bits per heavy atom. The highest BCUT2D eigenvalue weighted by Gasteiger charge is 2.38. The molecule has 1 fully saturated rings. The maximum absolute atomic E-state index is 12.9. The van der Waals surface area contributed by atoms with Crippen molar-refractivity contribution < 1.29 is 13.2 Å². The molecule has 2 aromatic carbocycles. The molecule has 0 saturated heterocycles. The standard InChI is InChI=1S/C18H19NO3S/c1-14(20)16-7-11-18(12-8-16)23(21,22)19(17-9-10-17)13-15-5-3-2-4-6-15/h2-8,11-12,17H,9-10,13H2,1H3. The van der Waals surface area contributed by atoms with Crippen molar-refractivity contribution in [1.29, 1.82) is 0 Å². The van der Waals surface area contributed by atoms with Crippen LogP contribution in [-0.4, -0.2) is 24.5 Å². The number of Topliss-reactive ketones (excluding diaryl/α,β-unsaturated/α-hetero) is 1. The second-order valence-corrected chi connectivity index (χ2v) is 7.74. The van der Waals surface area contributed by atoms with Crippen LogP contribution in [0.3, 0.4) is 0 Å². The van der Waals surface area contributed by atoms with Gasteiger partial charge in [0.2, 0.25) is 10.0 Å². The van der Waals surface area contributed by atoms with Gasteiger partial charge in [0.25, 0.3) is 0 Å². The number of rotatable bonds is 6. The van der Waals surface area contributed by atoms with Crippen LogP contribution in [0.5, 0.6) is 0 Å². The molecule has 0 aliphatic heterocycles. The normalized spacial score (nSPS) is 14.9. The van der Waals surface area contributed by atoms with E-state index in [-0.39, 0.29) is 16.7 Å². The average molecular weight is 329 g/mol. The number of benzene rings is 2. The second-order valence-electron chi connectivity index (χ2n) is 5.85. The van der Waals surface area contributed by atoms with Crippen LogP contribution in [0.15, 0.2) is 59.5 Å². The SMILES string of the molecule is CC(=O)c1ccc(S(=O)(=O)N(Cc2ccccc2)C2CC2)cc1. The molecule has 0 N–H and O–H groups in total. The van der Waals surface area contributed by atoms with E-state index >= 15 is 0 Å². The fraction of sp³-hybridized carbons (Fsp3) is 0.278. The van der Waals surface area contributed by atoms with Gasteiger partial charge in [0.15, 0.2) is 5.78 Å². The fourth-order valence-corrected chi connectivity index (χ4v) is 4.21. The Hall–Kier alpha value is -1.98. The topological polar surface area (TPSA) is 54.5 Å².